The lowest BCUT2D eigenvalue weighted by molar-refractivity contribution is -0.115. The van der Waals surface area contributed by atoms with Crippen LogP contribution in [0, 0.1) is 0 Å². The molecule has 88 valence electrons. The summed E-state index contributed by atoms with van der Waals surface area (Å²) in [6, 6.07) is 5.19. The molecule has 1 amide bonds. The highest BCUT2D eigenvalue weighted by Gasteiger charge is 2.08. The monoisotopic (exact) mass is 243 g/mol. The summed E-state index contributed by atoms with van der Waals surface area (Å²) < 4.78 is 10.2. The van der Waals surface area contributed by atoms with Crippen LogP contribution in [0.4, 0.5) is 5.69 Å². The molecule has 0 saturated heterocycles. The average molecular weight is 244 g/mol. The van der Waals surface area contributed by atoms with Gasteiger partial charge in [0.2, 0.25) is 5.91 Å². The molecule has 0 aliphatic rings. The second-order valence-electron chi connectivity index (χ2n) is 3.05. The van der Waals surface area contributed by atoms with Crippen LogP contribution in [0.15, 0.2) is 18.2 Å². The van der Waals surface area contributed by atoms with Crippen LogP contribution in [0.5, 0.6) is 11.5 Å². The number of benzene rings is 1. The Hall–Kier alpha value is -1.42. The number of amides is 1. The van der Waals surface area contributed by atoms with Crippen LogP contribution >= 0.6 is 11.6 Å². The maximum atomic E-state index is 11.4. The minimum Gasteiger partial charge on any atom is -0.497 e. The number of hydrogen-bond acceptors (Lipinski definition) is 3. The molecule has 0 fully saturated rings. The van der Waals surface area contributed by atoms with Crippen molar-refractivity contribution in [2.45, 2.75) is 6.42 Å². The number of alkyl halides is 1. The van der Waals surface area contributed by atoms with Crippen molar-refractivity contribution >= 4 is 23.2 Å². The van der Waals surface area contributed by atoms with E-state index in [0.717, 1.165) is 0 Å². The van der Waals surface area contributed by atoms with Crippen LogP contribution in [0.25, 0.3) is 0 Å². The Morgan fingerprint density at radius 2 is 2.12 bits per heavy atom. The lowest BCUT2D eigenvalue weighted by Crippen LogP contribution is -2.12. The van der Waals surface area contributed by atoms with Crippen LogP contribution in [-0.2, 0) is 4.79 Å². The van der Waals surface area contributed by atoms with Gasteiger partial charge >= 0.3 is 0 Å². The maximum absolute atomic E-state index is 11.4. The molecule has 5 heteroatoms. The van der Waals surface area contributed by atoms with Gasteiger partial charge in [0.1, 0.15) is 11.5 Å². The fourth-order valence-corrected chi connectivity index (χ4v) is 1.38. The Labute approximate surface area is 99.5 Å². The van der Waals surface area contributed by atoms with E-state index in [-0.39, 0.29) is 18.2 Å². The molecule has 0 heterocycles. The summed E-state index contributed by atoms with van der Waals surface area (Å²) in [6.45, 7) is 0. The van der Waals surface area contributed by atoms with Gasteiger partial charge in [0.05, 0.1) is 19.9 Å². The fourth-order valence-electron chi connectivity index (χ4n) is 1.21. The molecule has 0 spiro atoms. The maximum Gasteiger partial charge on any atom is 0.225 e. The molecule has 0 aromatic heterocycles. The molecule has 1 N–H and O–H groups in total. The second-order valence-corrected chi connectivity index (χ2v) is 3.43. The Balaban J connectivity index is 2.86. The van der Waals surface area contributed by atoms with E-state index in [1.807, 2.05) is 0 Å². The van der Waals surface area contributed by atoms with Crippen molar-refractivity contribution in [3.63, 3.8) is 0 Å². The van der Waals surface area contributed by atoms with Crippen LogP contribution < -0.4 is 14.8 Å². The largest absolute Gasteiger partial charge is 0.497 e. The Morgan fingerprint density at radius 3 is 2.69 bits per heavy atom. The number of methoxy groups -OCH3 is 2. The first-order valence-electron chi connectivity index (χ1n) is 4.79. The molecule has 0 radical (unpaired) electrons. The summed E-state index contributed by atoms with van der Waals surface area (Å²) in [4.78, 5) is 11.4. The molecule has 1 aromatic rings. The van der Waals surface area contributed by atoms with Crippen LogP contribution in [0.1, 0.15) is 6.42 Å². The van der Waals surface area contributed by atoms with Crippen LogP contribution in [-0.4, -0.2) is 26.0 Å². The number of hydrogen-bond donors (Lipinski definition) is 1. The molecule has 0 atom stereocenters. The quantitative estimate of drug-likeness (QED) is 0.807. The van der Waals surface area contributed by atoms with Gasteiger partial charge in [0.25, 0.3) is 0 Å². The Morgan fingerprint density at radius 1 is 1.38 bits per heavy atom. The van der Waals surface area contributed by atoms with Gasteiger partial charge in [0, 0.05) is 18.4 Å². The first kappa shape index (κ1) is 12.6. The second kappa shape index (κ2) is 6.23. The normalized spacial score (nSPS) is 9.69. The fraction of sp³-hybridized carbons (Fsp3) is 0.364. The number of ether oxygens (including phenoxy) is 2. The Kier molecular flexibility index (Phi) is 4.92. The van der Waals surface area contributed by atoms with Gasteiger partial charge in [0.15, 0.2) is 0 Å². The first-order chi connectivity index (χ1) is 7.71. The number of anilines is 1. The minimum absolute atomic E-state index is 0.151. The first-order valence-corrected chi connectivity index (χ1v) is 5.32. The van der Waals surface area contributed by atoms with Gasteiger partial charge in [-0.2, -0.15) is 0 Å². The predicted octanol–water partition coefficient (Wildman–Crippen LogP) is 2.27. The highest BCUT2D eigenvalue weighted by molar-refractivity contribution is 6.19. The predicted molar refractivity (Wildman–Crippen MR) is 63.5 cm³/mol. The molecule has 1 aromatic carbocycles. The minimum atomic E-state index is -0.151. The molecule has 0 bridgehead atoms. The van der Waals surface area contributed by atoms with Crippen molar-refractivity contribution in [1.29, 1.82) is 0 Å². The molecule has 0 aliphatic heterocycles. The topological polar surface area (TPSA) is 47.6 Å². The van der Waals surface area contributed by atoms with E-state index in [9.17, 15) is 4.79 Å². The van der Waals surface area contributed by atoms with Crippen molar-refractivity contribution in [3.8, 4) is 11.5 Å². The summed E-state index contributed by atoms with van der Waals surface area (Å²) in [5.74, 6) is 1.38. The van der Waals surface area contributed by atoms with E-state index >= 15 is 0 Å². The smallest absolute Gasteiger partial charge is 0.225 e. The van der Waals surface area contributed by atoms with Crippen molar-refractivity contribution in [2.24, 2.45) is 0 Å². The van der Waals surface area contributed by atoms with Gasteiger partial charge < -0.3 is 14.8 Å². The van der Waals surface area contributed by atoms with Gasteiger partial charge in [-0.1, -0.05) is 0 Å². The summed E-state index contributed by atoms with van der Waals surface area (Å²) in [5, 5.41) is 2.71. The lowest BCUT2D eigenvalue weighted by atomic mass is 10.2. The number of rotatable bonds is 5. The highest BCUT2D eigenvalue weighted by atomic mass is 35.5. The van der Waals surface area contributed by atoms with Crippen molar-refractivity contribution in [1.82, 2.24) is 0 Å². The molecular weight excluding hydrogens is 230 g/mol. The van der Waals surface area contributed by atoms with Gasteiger partial charge in [-0.25, -0.2) is 0 Å². The van der Waals surface area contributed by atoms with E-state index in [1.54, 1.807) is 32.4 Å². The van der Waals surface area contributed by atoms with E-state index in [0.29, 0.717) is 17.2 Å². The number of carbonyl (C=O) groups excluding carboxylic acids is 1. The zero-order valence-electron chi connectivity index (χ0n) is 9.25. The van der Waals surface area contributed by atoms with E-state index in [1.165, 1.54) is 0 Å². The summed E-state index contributed by atoms with van der Waals surface area (Å²) >= 11 is 5.48. The van der Waals surface area contributed by atoms with Gasteiger partial charge in [-0.15, -0.1) is 11.6 Å². The van der Waals surface area contributed by atoms with Gasteiger partial charge in [-0.3, -0.25) is 4.79 Å². The van der Waals surface area contributed by atoms with E-state index in [4.69, 9.17) is 21.1 Å². The van der Waals surface area contributed by atoms with Crippen molar-refractivity contribution in [3.05, 3.63) is 18.2 Å². The molecule has 0 aliphatic carbocycles. The summed E-state index contributed by atoms with van der Waals surface area (Å²) in [6.07, 6.45) is 0.266. The number of nitrogens with one attached hydrogen (secondary N) is 1. The average Bonchev–Trinajstić information content (AvgIpc) is 2.29. The Bertz CT molecular complexity index is 368. The van der Waals surface area contributed by atoms with Gasteiger partial charge in [-0.05, 0) is 12.1 Å². The highest BCUT2D eigenvalue weighted by Crippen LogP contribution is 2.28. The zero-order chi connectivity index (χ0) is 12.0. The number of halogens is 1. The van der Waals surface area contributed by atoms with E-state index in [2.05, 4.69) is 5.32 Å². The van der Waals surface area contributed by atoms with Crippen LogP contribution in [0.2, 0.25) is 0 Å². The van der Waals surface area contributed by atoms with Crippen molar-refractivity contribution < 1.29 is 14.3 Å². The third-order valence-electron chi connectivity index (χ3n) is 2.00. The molecule has 0 unspecified atom stereocenters. The van der Waals surface area contributed by atoms with Crippen LogP contribution in [0.3, 0.4) is 0 Å². The molecule has 16 heavy (non-hydrogen) atoms. The number of carbonyl (C=O) groups is 1. The summed E-state index contributed by atoms with van der Waals surface area (Å²) in [5.41, 5.74) is 0.581. The lowest BCUT2D eigenvalue weighted by Gasteiger charge is -2.11. The summed E-state index contributed by atoms with van der Waals surface area (Å²) in [7, 11) is 3.10. The van der Waals surface area contributed by atoms with E-state index < -0.39 is 0 Å². The third kappa shape index (κ3) is 3.31. The zero-order valence-corrected chi connectivity index (χ0v) is 10.0. The molecular formula is C11H14ClNO3. The van der Waals surface area contributed by atoms with Crippen molar-refractivity contribution in [2.75, 3.05) is 25.4 Å². The molecule has 0 saturated carbocycles. The molecule has 1 rings (SSSR count). The standard InChI is InChI=1S/C11H14ClNO3/c1-15-8-3-4-10(16-2)9(7-8)13-11(14)5-6-12/h3-4,7H,5-6H2,1-2H3,(H,13,14). The SMILES string of the molecule is COc1ccc(OC)c(NC(=O)CCCl)c1. The third-order valence-corrected chi connectivity index (χ3v) is 2.19. The molecule has 4 nitrogen and oxygen atoms in total.